The summed E-state index contributed by atoms with van der Waals surface area (Å²) in [4.78, 5) is 26.3. The molecule has 0 bridgehead atoms. The molecule has 1 heterocycles. The third-order valence-electron chi connectivity index (χ3n) is 2.57. The fourth-order valence-corrected chi connectivity index (χ4v) is 1.57. The molecule has 4 N–H and O–H groups in total. The van der Waals surface area contributed by atoms with Crippen molar-refractivity contribution in [2.24, 2.45) is 0 Å². The summed E-state index contributed by atoms with van der Waals surface area (Å²) in [6.07, 6.45) is 1.78. The van der Waals surface area contributed by atoms with Gasteiger partial charge in [0.1, 0.15) is 18.0 Å². The molecular formula is C12H12FN5O3. The summed E-state index contributed by atoms with van der Waals surface area (Å²) in [7, 11) is 0. The molecule has 1 aromatic carbocycles. The van der Waals surface area contributed by atoms with Crippen LogP contribution in [0.15, 0.2) is 24.5 Å². The van der Waals surface area contributed by atoms with E-state index in [-0.39, 0.29) is 17.8 Å². The minimum atomic E-state index is -1.20. The van der Waals surface area contributed by atoms with Gasteiger partial charge in [-0.3, -0.25) is 5.10 Å². The Morgan fingerprint density at radius 3 is 2.86 bits per heavy atom. The Bertz CT molecular complexity index is 644. The van der Waals surface area contributed by atoms with Crippen molar-refractivity contribution in [3.8, 4) is 0 Å². The maximum Gasteiger partial charge on any atom is 0.335 e. The lowest BCUT2D eigenvalue weighted by molar-refractivity contribution is 0.0697. The monoisotopic (exact) mass is 293 g/mol. The minimum Gasteiger partial charge on any atom is -0.478 e. The molecule has 21 heavy (non-hydrogen) atoms. The molecule has 2 aromatic rings. The normalized spacial score (nSPS) is 10.1. The number of carbonyl (C=O) groups is 2. The number of nitrogens with one attached hydrogen (secondary N) is 3. The number of anilines is 1. The Labute approximate surface area is 118 Å². The Kier molecular flexibility index (Phi) is 4.44. The van der Waals surface area contributed by atoms with Gasteiger partial charge in [-0.15, -0.1) is 0 Å². The SMILES string of the molecule is O=C(NCCc1ncn[nH]1)Nc1cc(C(=O)O)ccc1F. The summed E-state index contributed by atoms with van der Waals surface area (Å²) in [5, 5.41) is 19.8. The molecule has 0 aliphatic rings. The van der Waals surface area contributed by atoms with E-state index >= 15 is 0 Å². The van der Waals surface area contributed by atoms with Gasteiger partial charge in [0.2, 0.25) is 0 Å². The molecule has 0 radical (unpaired) electrons. The second kappa shape index (κ2) is 6.46. The highest BCUT2D eigenvalue weighted by molar-refractivity contribution is 5.93. The molecule has 9 heteroatoms. The molecule has 0 unspecified atom stereocenters. The van der Waals surface area contributed by atoms with Crippen LogP contribution in [0, 0.1) is 5.82 Å². The topological polar surface area (TPSA) is 120 Å². The number of amides is 2. The van der Waals surface area contributed by atoms with Crippen molar-refractivity contribution in [1.82, 2.24) is 20.5 Å². The van der Waals surface area contributed by atoms with E-state index in [4.69, 9.17) is 5.11 Å². The van der Waals surface area contributed by atoms with Crippen LogP contribution in [-0.2, 0) is 6.42 Å². The number of nitrogens with zero attached hydrogens (tertiary/aromatic N) is 2. The lowest BCUT2D eigenvalue weighted by atomic mass is 10.2. The molecule has 0 saturated carbocycles. The number of aromatic nitrogens is 3. The van der Waals surface area contributed by atoms with Crippen LogP contribution >= 0.6 is 0 Å². The highest BCUT2D eigenvalue weighted by Gasteiger charge is 2.10. The lowest BCUT2D eigenvalue weighted by Crippen LogP contribution is -2.31. The number of carboxylic acids is 1. The van der Waals surface area contributed by atoms with Gasteiger partial charge < -0.3 is 15.7 Å². The summed E-state index contributed by atoms with van der Waals surface area (Å²) in [5.74, 6) is -1.32. The zero-order valence-corrected chi connectivity index (χ0v) is 10.8. The third kappa shape index (κ3) is 4.00. The van der Waals surface area contributed by atoms with E-state index in [1.165, 1.54) is 6.33 Å². The number of carboxylic acid groups (broad SMARTS) is 1. The van der Waals surface area contributed by atoms with Gasteiger partial charge in [0.05, 0.1) is 11.3 Å². The highest BCUT2D eigenvalue weighted by Crippen LogP contribution is 2.16. The van der Waals surface area contributed by atoms with Gasteiger partial charge in [0.15, 0.2) is 0 Å². The van der Waals surface area contributed by atoms with Crippen LogP contribution in [0.25, 0.3) is 0 Å². The van der Waals surface area contributed by atoms with Crippen molar-refractivity contribution in [3.63, 3.8) is 0 Å². The molecule has 2 amide bonds. The molecule has 110 valence electrons. The molecule has 0 saturated heterocycles. The zero-order chi connectivity index (χ0) is 15.2. The maximum atomic E-state index is 13.5. The van der Waals surface area contributed by atoms with Gasteiger partial charge in [-0.25, -0.2) is 19.0 Å². The number of urea groups is 1. The van der Waals surface area contributed by atoms with E-state index in [0.717, 1.165) is 18.2 Å². The number of aromatic amines is 1. The Balaban J connectivity index is 1.90. The maximum absolute atomic E-state index is 13.5. The van der Waals surface area contributed by atoms with E-state index in [2.05, 4.69) is 25.8 Å². The third-order valence-corrected chi connectivity index (χ3v) is 2.57. The molecule has 0 fully saturated rings. The van der Waals surface area contributed by atoms with E-state index < -0.39 is 17.8 Å². The summed E-state index contributed by atoms with van der Waals surface area (Å²) in [5.41, 5.74) is -0.319. The summed E-state index contributed by atoms with van der Waals surface area (Å²) >= 11 is 0. The Hall–Kier alpha value is -2.97. The van der Waals surface area contributed by atoms with E-state index in [1.807, 2.05) is 0 Å². The van der Waals surface area contributed by atoms with Crippen molar-refractivity contribution in [3.05, 3.63) is 41.7 Å². The molecule has 8 nitrogen and oxygen atoms in total. The van der Waals surface area contributed by atoms with Gasteiger partial charge in [-0.1, -0.05) is 0 Å². The number of rotatable bonds is 5. The molecule has 2 rings (SSSR count). The van der Waals surface area contributed by atoms with Crippen LogP contribution < -0.4 is 10.6 Å². The Morgan fingerprint density at radius 2 is 2.19 bits per heavy atom. The number of aromatic carboxylic acids is 1. The van der Waals surface area contributed by atoms with Crippen molar-refractivity contribution in [1.29, 1.82) is 0 Å². The number of hydrogen-bond donors (Lipinski definition) is 4. The first-order valence-electron chi connectivity index (χ1n) is 5.98. The van der Waals surface area contributed by atoms with Crippen LogP contribution in [-0.4, -0.2) is 38.8 Å². The standard InChI is InChI=1S/C12H12FN5O3/c13-8-2-1-7(11(19)20)5-9(8)17-12(21)14-4-3-10-15-6-16-18-10/h1-2,5-6H,3-4H2,(H,19,20)(H2,14,17,21)(H,15,16,18). The zero-order valence-electron chi connectivity index (χ0n) is 10.8. The van der Waals surface area contributed by atoms with Gasteiger partial charge in [-0.2, -0.15) is 5.10 Å². The van der Waals surface area contributed by atoms with Crippen molar-refractivity contribution in [2.75, 3.05) is 11.9 Å². The second-order valence-electron chi connectivity index (χ2n) is 4.06. The molecule has 0 spiro atoms. The first kappa shape index (κ1) is 14.4. The van der Waals surface area contributed by atoms with Gasteiger partial charge in [-0.05, 0) is 18.2 Å². The second-order valence-corrected chi connectivity index (χ2v) is 4.06. The smallest absolute Gasteiger partial charge is 0.335 e. The molecule has 0 atom stereocenters. The number of halogens is 1. The predicted octanol–water partition coefficient (Wildman–Crippen LogP) is 1.01. The molecule has 1 aromatic heterocycles. The van der Waals surface area contributed by atoms with Gasteiger partial charge >= 0.3 is 12.0 Å². The van der Waals surface area contributed by atoms with E-state index in [9.17, 15) is 14.0 Å². The number of hydrogen-bond acceptors (Lipinski definition) is 4. The summed E-state index contributed by atoms with van der Waals surface area (Å²) in [6, 6.07) is 2.50. The van der Waals surface area contributed by atoms with Crippen LogP contribution in [0.1, 0.15) is 16.2 Å². The van der Waals surface area contributed by atoms with Crippen molar-refractivity contribution in [2.45, 2.75) is 6.42 Å². The van der Waals surface area contributed by atoms with Crippen LogP contribution in [0.5, 0.6) is 0 Å². The number of H-pyrrole nitrogens is 1. The van der Waals surface area contributed by atoms with Crippen LogP contribution in [0.3, 0.4) is 0 Å². The Morgan fingerprint density at radius 1 is 1.38 bits per heavy atom. The molecule has 0 aliphatic carbocycles. The number of carbonyl (C=O) groups excluding carboxylic acids is 1. The van der Waals surface area contributed by atoms with Gasteiger partial charge in [0.25, 0.3) is 0 Å². The van der Waals surface area contributed by atoms with Crippen molar-refractivity contribution >= 4 is 17.7 Å². The summed E-state index contributed by atoms with van der Waals surface area (Å²) in [6.45, 7) is 0.265. The number of benzene rings is 1. The first-order chi connectivity index (χ1) is 10.1. The van der Waals surface area contributed by atoms with Crippen LogP contribution in [0.4, 0.5) is 14.9 Å². The minimum absolute atomic E-state index is 0.117. The fourth-order valence-electron chi connectivity index (χ4n) is 1.57. The largest absolute Gasteiger partial charge is 0.478 e. The molecular weight excluding hydrogens is 281 g/mol. The predicted molar refractivity (Wildman–Crippen MR) is 70.5 cm³/mol. The summed E-state index contributed by atoms with van der Waals surface area (Å²) < 4.78 is 13.5. The van der Waals surface area contributed by atoms with Crippen LogP contribution in [0.2, 0.25) is 0 Å². The average Bonchev–Trinajstić information content (AvgIpc) is 2.94. The lowest BCUT2D eigenvalue weighted by Gasteiger charge is -2.08. The molecule has 0 aliphatic heterocycles. The van der Waals surface area contributed by atoms with Gasteiger partial charge in [0, 0.05) is 13.0 Å². The van der Waals surface area contributed by atoms with E-state index in [0.29, 0.717) is 12.2 Å². The quantitative estimate of drug-likeness (QED) is 0.655. The average molecular weight is 293 g/mol. The first-order valence-corrected chi connectivity index (χ1v) is 5.98. The highest BCUT2D eigenvalue weighted by atomic mass is 19.1. The van der Waals surface area contributed by atoms with Crippen molar-refractivity contribution < 1.29 is 19.1 Å². The van der Waals surface area contributed by atoms with E-state index in [1.54, 1.807) is 0 Å². The fraction of sp³-hybridized carbons (Fsp3) is 0.167.